The lowest BCUT2D eigenvalue weighted by molar-refractivity contribution is -0.137. The third kappa shape index (κ3) is 2.41. The van der Waals surface area contributed by atoms with E-state index in [0.29, 0.717) is 16.8 Å². The Morgan fingerprint density at radius 2 is 1.59 bits per heavy atom. The van der Waals surface area contributed by atoms with E-state index in [2.05, 4.69) is 10.6 Å². The molecule has 0 saturated carbocycles. The van der Waals surface area contributed by atoms with E-state index in [0.717, 1.165) is 12.1 Å². The average molecular weight is 306 g/mol. The van der Waals surface area contributed by atoms with Crippen molar-refractivity contribution in [2.75, 3.05) is 5.32 Å². The van der Waals surface area contributed by atoms with Gasteiger partial charge in [-0.3, -0.25) is 4.79 Å². The van der Waals surface area contributed by atoms with E-state index in [1.54, 1.807) is 31.2 Å². The van der Waals surface area contributed by atoms with Crippen molar-refractivity contribution >= 4 is 11.6 Å². The van der Waals surface area contributed by atoms with Crippen molar-refractivity contribution in [1.82, 2.24) is 5.32 Å². The molecule has 0 radical (unpaired) electrons. The molecule has 2 N–H and O–H groups in total. The quantitative estimate of drug-likeness (QED) is 0.843. The highest BCUT2D eigenvalue weighted by atomic mass is 19.4. The first-order chi connectivity index (χ1) is 10.3. The van der Waals surface area contributed by atoms with E-state index in [4.69, 9.17) is 0 Å². The molecule has 1 unspecified atom stereocenters. The van der Waals surface area contributed by atoms with E-state index >= 15 is 0 Å². The second-order valence-corrected chi connectivity index (χ2v) is 5.32. The highest BCUT2D eigenvalue weighted by molar-refractivity contribution is 6.02. The minimum Gasteiger partial charge on any atom is -0.359 e. The van der Waals surface area contributed by atoms with Crippen molar-refractivity contribution < 1.29 is 18.0 Å². The summed E-state index contributed by atoms with van der Waals surface area (Å²) in [6.07, 6.45) is -4.38. The number of alkyl halides is 3. The molecule has 0 saturated heterocycles. The molecule has 2 aromatic rings. The van der Waals surface area contributed by atoms with Gasteiger partial charge >= 0.3 is 6.18 Å². The van der Waals surface area contributed by atoms with Crippen LogP contribution in [-0.2, 0) is 11.8 Å². The Labute approximate surface area is 125 Å². The summed E-state index contributed by atoms with van der Waals surface area (Å²) in [5.74, 6) is -0.267. The molecular formula is C16H13F3N2O. The molecule has 114 valence electrons. The predicted molar refractivity (Wildman–Crippen MR) is 76.3 cm³/mol. The second kappa shape index (κ2) is 4.76. The number of benzene rings is 2. The number of para-hydroxylation sites is 1. The summed E-state index contributed by atoms with van der Waals surface area (Å²) >= 11 is 0. The number of amides is 1. The fraction of sp³-hybridized carbons (Fsp3) is 0.188. The van der Waals surface area contributed by atoms with Gasteiger partial charge in [0.15, 0.2) is 0 Å². The van der Waals surface area contributed by atoms with Crippen LogP contribution in [0.5, 0.6) is 0 Å². The number of anilines is 1. The lowest BCUT2D eigenvalue weighted by atomic mass is 9.95. The van der Waals surface area contributed by atoms with Crippen molar-refractivity contribution in [2.24, 2.45) is 0 Å². The molecule has 22 heavy (non-hydrogen) atoms. The van der Waals surface area contributed by atoms with Crippen LogP contribution in [0.15, 0.2) is 48.5 Å². The van der Waals surface area contributed by atoms with E-state index in [9.17, 15) is 18.0 Å². The largest absolute Gasteiger partial charge is 0.416 e. The fourth-order valence-corrected chi connectivity index (χ4v) is 2.52. The van der Waals surface area contributed by atoms with Gasteiger partial charge in [0.1, 0.15) is 5.66 Å². The van der Waals surface area contributed by atoms with E-state index in [1.165, 1.54) is 12.1 Å². The maximum absolute atomic E-state index is 12.6. The van der Waals surface area contributed by atoms with Gasteiger partial charge in [-0.15, -0.1) is 0 Å². The standard InChI is InChI=1S/C16H13F3N2O/c1-15(10-6-8-11(9-7-10)16(17,18)19)20-13-5-3-2-4-12(13)14(22)21-15/h2-9,20H,1H3,(H,21,22). The summed E-state index contributed by atoms with van der Waals surface area (Å²) in [6, 6.07) is 11.7. The number of carbonyl (C=O) groups is 1. The van der Waals surface area contributed by atoms with Crippen molar-refractivity contribution in [3.63, 3.8) is 0 Å². The number of hydrogen-bond donors (Lipinski definition) is 2. The van der Waals surface area contributed by atoms with Gasteiger partial charge in [-0.2, -0.15) is 13.2 Å². The summed E-state index contributed by atoms with van der Waals surface area (Å²) in [5.41, 5.74) is 0.0153. The molecular weight excluding hydrogens is 293 g/mol. The first-order valence-corrected chi connectivity index (χ1v) is 6.67. The van der Waals surface area contributed by atoms with Crippen molar-refractivity contribution in [1.29, 1.82) is 0 Å². The molecule has 3 nitrogen and oxygen atoms in total. The van der Waals surface area contributed by atoms with Gasteiger partial charge < -0.3 is 10.6 Å². The molecule has 0 fully saturated rings. The van der Waals surface area contributed by atoms with Crippen LogP contribution >= 0.6 is 0 Å². The number of halogens is 3. The first kappa shape index (κ1) is 14.4. The van der Waals surface area contributed by atoms with Crippen LogP contribution < -0.4 is 10.6 Å². The number of rotatable bonds is 1. The average Bonchev–Trinajstić information content (AvgIpc) is 2.46. The highest BCUT2D eigenvalue weighted by Crippen LogP contribution is 2.33. The molecule has 1 aliphatic rings. The van der Waals surface area contributed by atoms with Gasteiger partial charge in [0.2, 0.25) is 0 Å². The smallest absolute Gasteiger partial charge is 0.359 e. The molecule has 3 rings (SSSR count). The van der Waals surface area contributed by atoms with Gasteiger partial charge in [-0.25, -0.2) is 0 Å². The van der Waals surface area contributed by atoms with Crippen LogP contribution in [0.4, 0.5) is 18.9 Å². The zero-order chi connectivity index (χ0) is 16.0. The Balaban J connectivity index is 1.97. The molecule has 1 aliphatic heterocycles. The van der Waals surface area contributed by atoms with Crippen LogP contribution in [0.3, 0.4) is 0 Å². The molecule has 0 bridgehead atoms. The topological polar surface area (TPSA) is 41.1 Å². The molecule has 0 aromatic heterocycles. The molecule has 0 aliphatic carbocycles. The minimum atomic E-state index is -4.38. The molecule has 2 aromatic carbocycles. The van der Waals surface area contributed by atoms with Gasteiger partial charge in [0, 0.05) is 5.69 Å². The zero-order valence-electron chi connectivity index (χ0n) is 11.7. The van der Waals surface area contributed by atoms with E-state index < -0.39 is 17.4 Å². The summed E-state index contributed by atoms with van der Waals surface area (Å²) in [5, 5.41) is 5.96. The molecule has 1 heterocycles. The predicted octanol–water partition coefficient (Wildman–Crippen LogP) is 3.73. The van der Waals surface area contributed by atoms with Crippen molar-refractivity contribution in [3.05, 3.63) is 65.2 Å². The zero-order valence-corrected chi connectivity index (χ0v) is 11.7. The van der Waals surface area contributed by atoms with E-state index in [1.807, 2.05) is 0 Å². The summed E-state index contributed by atoms with van der Waals surface area (Å²) in [6.45, 7) is 1.71. The third-order valence-electron chi connectivity index (χ3n) is 3.71. The van der Waals surface area contributed by atoms with Gasteiger partial charge in [-0.05, 0) is 36.8 Å². The molecule has 1 atom stereocenters. The normalized spacial score (nSPS) is 20.8. The number of nitrogens with one attached hydrogen (secondary N) is 2. The summed E-state index contributed by atoms with van der Waals surface area (Å²) < 4.78 is 37.9. The SMILES string of the molecule is CC1(c2ccc(C(F)(F)F)cc2)NC(=O)c2ccccc2N1. The van der Waals surface area contributed by atoms with Crippen LogP contribution in [0.2, 0.25) is 0 Å². The monoisotopic (exact) mass is 306 g/mol. The summed E-state index contributed by atoms with van der Waals surface area (Å²) in [7, 11) is 0. The Kier molecular flexibility index (Phi) is 3.12. The minimum absolute atomic E-state index is 0.267. The lowest BCUT2D eigenvalue weighted by Gasteiger charge is -2.38. The third-order valence-corrected chi connectivity index (χ3v) is 3.71. The Hall–Kier alpha value is -2.50. The maximum atomic E-state index is 12.6. The van der Waals surface area contributed by atoms with Crippen molar-refractivity contribution in [3.8, 4) is 0 Å². The van der Waals surface area contributed by atoms with Crippen LogP contribution in [0.25, 0.3) is 0 Å². The summed E-state index contributed by atoms with van der Waals surface area (Å²) in [4.78, 5) is 12.2. The molecule has 1 amide bonds. The maximum Gasteiger partial charge on any atom is 0.416 e. The number of hydrogen-bond acceptors (Lipinski definition) is 2. The Morgan fingerprint density at radius 1 is 0.955 bits per heavy atom. The van der Waals surface area contributed by atoms with Gasteiger partial charge in [0.25, 0.3) is 5.91 Å². The Bertz CT molecular complexity index is 725. The van der Waals surface area contributed by atoms with Crippen LogP contribution in [0, 0.1) is 0 Å². The van der Waals surface area contributed by atoms with Crippen LogP contribution in [-0.4, -0.2) is 5.91 Å². The Morgan fingerprint density at radius 3 is 2.23 bits per heavy atom. The van der Waals surface area contributed by atoms with Gasteiger partial charge in [0.05, 0.1) is 11.1 Å². The second-order valence-electron chi connectivity index (χ2n) is 5.32. The molecule has 6 heteroatoms. The van der Waals surface area contributed by atoms with E-state index in [-0.39, 0.29) is 5.91 Å². The highest BCUT2D eigenvalue weighted by Gasteiger charge is 2.36. The molecule has 0 spiro atoms. The van der Waals surface area contributed by atoms with Crippen LogP contribution in [0.1, 0.15) is 28.4 Å². The van der Waals surface area contributed by atoms with Crippen molar-refractivity contribution in [2.45, 2.75) is 18.8 Å². The lowest BCUT2D eigenvalue weighted by Crippen LogP contribution is -2.52. The fourth-order valence-electron chi connectivity index (χ4n) is 2.52. The number of fused-ring (bicyclic) bond motifs is 1. The first-order valence-electron chi connectivity index (χ1n) is 6.67. The number of carbonyl (C=O) groups excluding carboxylic acids is 1. The van der Waals surface area contributed by atoms with Gasteiger partial charge in [-0.1, -0.05) is 24.3 Å².